The van der Waals surface area contributed by atoms with E-state index in [0.717, 1.165) is 13.0 Å². The fourth-order valence-corrected chi connectivity index (χ4v) is 1.36. The van der Waals surface area contributed by atoms with Crippen LogP contribution in [0.2, 0.25) is 0 Å². The van der Waals surface area contributed by atoms with Crippen molar-refractivity contribution < 1.29 is 9.53 Å². The van der Waals surface area contributed by atoms with Crippen LogP contribution in [-0.2, 0) is 4.74 Å². The molecule has 6 heteroatoms. The summed E-state index contributed by atoms with van der Waals surface area (Å²) in [5.74, 6) is 0.966. The molecule has 0 aliphatic heterocycles. The maximum atomic E-state index is 11.7. The summed E-state index contributed by atoms with van der Waals surface area (Å²) in [6.07, 6.45) is 3.78. The summed E-state index contributed by atoms with van der Waals surface area (Å²) in [7, 11) is 1.75. The molecule has 1 aromatic heterocycles. The minimum absolute atomic E-state index is 0.209. The molecule has 1 heterocycles. The summed E-state index contributed by atoms with van der Waals surface area (Å²) in [5.41, 5.74) is 0.321. The van der Waals surface area contributed by atoms with Gasteiger partial charge in [-0.25, -0.2) is 9.97 Å². The monoisotopic (exact) mass is 266 g/mol. The minimum atomic E-state index is -0.209. The van der Waals surface area contributed by atoms with Gasteiger partial charge in [-0.2, -0.15) is 0 Å². The molecule has 0 fully saturated rings. The van der Waals surface area contributed by atoms with Crippen molar-refractivity contribution in [2.45, 2.75) is 20.3 Å². The molecule has 0 saturated carbocycles. The van der Waals surface area contributed by atoms with Crippen LogP contribution in [0, 0.1) is 5.92 Å². The number of ether oxygens (including phenoxy) is 1. The van der Waals surface area contributed by atoms with Crippen molar-refractivity contribution in [2.75, 3.05) is 32.1 Å². The molecule has 106 valence electrons. The van der Waals surface area contributed by atoms with Gasteiger partial charge in [-0.15, -0.1) is 0 Å². The highest BCUT2D eigenvalue weighted by molar-refractivity contribution is 5.91. The van der Waals surface area contributed by atoms with Gasteiger partial charge in [0.1, 0.15) is 11.5 Å². The molecule has 6 nitrogen and oxygen atoms in total. The normalized spacial score (nSPS) is 10.5. The Morgan fingerprint density at radius 2 is 2.16 bits per heavy atom. The van der Waals surface area contributed by atoms with Crippen molar-refractivity contribution in [3.8, 4) is 0 Å². The van der Waals surface area contributed by atoms with Gasteiger partial charge in [0.25, 0.3) is 5.91 Å². The van der Waals surface area contributed by atoms with Crippen molar-refractivity contribution in [3.63, 3.8) is 0 Å². The zero-order valence-electron chi connectivity index (χ0n) is 11.8. The molecule has 0 aromatic carbocycles. The van der Waals surface area contributed by atoms with E-state index in [1.807, 2.05) is 0 Å². The lowest BCUT2D eigenvalue weighted by atomic mass is 10.2. The van der Waals surface area contributed by atoms with Gasteiger partial charge in [-0.1, -0.05) is 13.8 Å². The Bertz CT molecular complexity index is 379. The third-order valence-corrected chi connectivity index (χ3v) is 2.34. The fourth-order valence-electron chi connectivity index (χ4n) is 1.36. The van der Waals surface area contributed by atoms with Gasteiger partial charge < -0.3 is 15.4 Å². The van der Waals surface area contributed by atoms with Crippen LogP contribution in [0.1, 0.15) is 30.8 Å². The molecule has 0 aliphatic rings. The van der Waals surface area contributed by atoms with Gasteiger partial charge in [-0.05, 0) is 12.3 Å². The third kappa shape index (κ3) is 6.15. The second-order valence-electron chi connectivity index (χ2n) is 4.62. The average molecular weight is 266 g/mol. The number of rotatable bonds is 8. The number of aromatic nitrogens is 2. The summed E-state index contributed by atoms with van der Waals surface area (Å²) >= 11 is 0. The Morgan fingerprint density at radius 3 is 2.74 bits per heavy atom. The number of anilines is 1. The number of hydrogen-bond donors (Lipinski definition) is 2. The van der Waals surface area contributed by atoms with Crippen molar-refractivity contribution in [1.82, 2.24) is 15.3 Å². The van der Waals surface area contributed by atoms with Crippen molar-refractivity contribution >= 4 is 11.7 Å². The van der Waals surface area contributed by atoms with Gasteiger partial charge in [0.15, 0.2) is 0 Å². The molecular weight excluding hydrogens is 244 g/mol. The fraction of sp³-hybridized carbons (Fsp3) is 0.615. The van der Waals surface area contributed by atoms with E-state index in [1.54, 1.807) is 7.05 Å². The molecule has 0 bridgehead atoms. The summed E-state index contributed by atoms with van der Waals surface area (Å²) in [4.78, 5) is 19.8. The molecule has 0 saturated heterocycles. The van der Waals surface area contributed by atoms with Crippen LogP contribution in [0.5, 0.6) is 0 Å². The highest BCUT2D eigenvalue weighted by Gasteiger charge is 2.06. The number of amides is 1. The second kappa shape index (κ2) is 8.42. The molecule has 0 radical (unpaired) electrons. The third-order valence-electron chi connectivity index (χ3n) is 2.34. The molecular formula is C13H22N4O2. The predicted octanol–water partition coefficient (Wildman–Crippen LogP) is 1.31. The predicted molar refractivity (Wildman–Crippen MR) is 74.2 cm³/mol. The van der Waals surface area contributed by atoms with E-state index in [2.05, 4.69) is 34.4 Å². The van der Waals surface area contributed by atoms with Crippen LogP contribution >= 0.6 is 0 Å². The highest BCUT2D eigenvalue weighted by atomic mass is 16.5. The van der Waals surface area contributed by atoms with E-state index in [-0.39, 0.29) is 5.91 Å². The first-order valence-electron chi connectivity index (χ1n) is 6.49. The Kier molecular flexibility index (Phi) is 6.81. The van der Waals surface area contributed by atoms with E-state index in [4.69, 9.17) is 4.74 Å². The number of carbonyl (C=O) groups is 1. The Morgan fingerprint density at radius 1 is 1.37 bits per heavy atom. The Balaban J connectivity index is 2.20. The lowest BCUT2D eigenvalue weighted by Crippen LogP contribution is -2.26. The van der Waals surface area contributed by atoms with Crippen molar-refractivity contribution in [2.24, 2.45) is 5.92 Å². The summed E-state index contributed by atoms with van der Waals surface area (Å²) in [5, 5.41) is 5.63. The largest absolute Gasteiger partial charge is 0.381 e. The Labute approximate surface area is 114 Å². The first kappa shape index (κ1) is 15.4. The van der Waals surface area contributed by atoms with E-state index < -0.39 is 0 Å². The average Bonchev–Trinajstić information content (AvgIpc) is 2.42. The maximum Gasteiger partial charge on any atom is 0.271 e. The lowest BCUT2D eigenvalue weighted by Gasteiger charge is -2.07. The second-order valence-corrected chi connectivity index (χ2v) is 4.62. The number of hydrogen-bond acceptors (Lipinski definition) is 5. The Hall–Kier alpha value is -1.69. The highest BCUT2D eigenvalue weighted by Crippen LogP contribution is 1.99. The SMILES string of the molecule is CNc1cnc(C(=O)NCCCOCC(C)C)cn1. The molecule has 0 spiro atoms. The quantitative estimate of drug-likeness (QED) is 0.694. The molecule has 1 rings (SSSR count). The molecule has 1 aromatic rings. The number of nitrogens with zero attached hydrogens (tertiary/aromatic N) is 2. The summed E-state index contributed by atoms with van der Waals surface area (Å²) < 4.78 is 5.43. The lowest BCUT2D eigenvalue weighted by molar-refractivity contribution is 0.0920. The van der Waals surface area contributed by atoms with Crippen LogP contribution in [0.3, 0.4) is 0 Å². The molecule has 0 aliphatic carbocycles. The van der Waals surface area contributed by atoms with E-state index in [1.165, 1.54) is 12.4 Å². The minimum Gasteiger partial charge on any atom is -0.381 e. The topological polar surface area (TPSA) is 76.1 Å². The van der Waals surface area contributed by atoms with Gasteiger partial charge in [-0.3, -0.25) is 4.79 Å². The van der Waals surface area contributed by atoms with E-state index in [9.17, 15) is 4.79 Å². The van der Waals surface area contributed by atoms with Crippen LogP contribution in [0.25, 0.3) is 0 Å². The first-order chi connectivity index (χ1) is 9.13. The van der Waals surface area contributed by atoms with Gasteiger partial charge in [0, 0.05) is 26.8 Å². The molecule has 19 heavy (non-hydrogen) atoms. The van der Waals surface area contributed by atoms with Gasteiger partial charge in [0.2, 0.25) is 0 Å². The number of carbonyl (C=O) groups excluding carboxylic acids is 1. The zero-order valence-corrected chi connectivity index (χ0v) is 11.8. The number of nitrogens with one attached hydrogen (secondary N) is 2. The zero-order chi connectivity index (χ0) is 14.1. The van der Waals surface area contributed by atoms with Crippen LogP contribution in [0.4, 0.5) is 5.82 Å². The molecule has 0 atom stereocenters. The molecule has 2 N–H and O–H groups in total. The molecule has 1 amide bonds. The summed E-state index contributed by atoms with van der Waals surface area (Å²) in [6.45, 7) is 6.20. The van der Waals surface area contributed by atoms with E-state index in [0.29, 0.717) is 30.6 Å². The standard InChI is InChI=1S/C13H22N4O2/c1-10(2)9-19-6-4-5-15-13(18)11-7-17-12(14-3)8-16-11/h7-8,10H,4-6,9H2,1-3H3,(H,14,17)(H,15,18). The molecule has 0 unspecified atom stereocenters. The maximum absolute atomic E-state index is 11.7. The van der Waals surface area contributed by atoms with Gasteiger partial charge >= 0.3 is 0 Å². The van der Waals surface area contributed by atoms with Gasteiger partial charge in [0.05, 0.1) is 12.4 Å². The first-order valence-corrected chi connectivity index (χ1v) is 6.49. The summed E-state index contributed by atoms with van der Waals surface area (Å²) in [6, 6.07) is 0. The van der Waals surface area contributed by atoms with Crippen molar-refractivity contribution in [3.05, 3.63) is 18.1 Å². The smallest absolute Gasteiger partial charge is 0.271 e. The van der Waals surface area contributed by atoms with Crippen molar-refractivity contribution in [1.29, 1.82) is 0 Å². The van der Waals surface area contributed by atoms with Crippen LogP contribution in [0.15, 0.2) is 12.4 Å². The van der Waals surface area contributed by atoms with Crippen LogP contribution < -0.4 is 10.6 Å². The van der Waals surface area contributed by atoms with Crippen LogP contribution in [-0.4, -0.2) is 42.7 Å². The van der Waals surface area contributed by atoms with E-state index >= 15 is 0 Å².